The number of sulfonamides is 1. The van der Waals surface area contributed by atoms with Crippen LogP contribution in [0.5, 0.6) is 0 Å². The Balaban J connectivity index is 1.19. The average molecular weight is 482 g/mol. The van der Waals surface area contributed by atoms with Crippen LogP contribution in [0.25, 0.3) is 0 Å². The number of amides is 2. The van der Waals surface area contributed by atoms with Gasteiger partial charge in [-0.05, 0) is 60.7 Å². The molecule has 34 heavy (non-hydrogen) atoms. The zero-order valence-electron chi connectivity index (χ0n) is 18.6. The van der Waals surface area contributed by atoms with Gasteiger partial charge in [0, 0.05) is 30.6 Å². The fraction of sp³-hybridized carbons (Fsp3) is 0.360. The summed E-state index contributed by atoms with van der Waals surface area (Å²) in [7, 11) is -3.71. The second-order valence-corrected chi connectivity index (χ2v) is 11.0. The maximum atomic E-state index is 13.1. The summed E-state index contributed by atoms with van der Waals surface area (Å²) in [6, 6.07) is 14.3. The van der Waals surface area contributed by atoms with Crippen LogP contribution < -0.4 is 10.6 Å². The van der Waals surface area contributed by atoms with Gasteiger partial charge in [-0.3, -0.25) is 9.59 Å². The summed E-state index contributed by atoms with van der Waals surface area (Å²) < 4.78 is 33.5. The molecule has 3 aliphatic rings. The molecule has 0 bridgehead atoms. The number of benzene rings is 2. The first kappa shape index (κ1) is 22.8. The highest BCUT2D eigenvalue weighted by atomic mass is 32.2. The van der Waals surface area contributed by atoms with Gasteiger partial charge < -0.3 is 15.4 Å². The molecule has 2 heterocycles. The molecule has 0 aromatic heterocycles. The predicted molar refractivity (Wildman–Crippen MR) is 125 cm³/mol. The van der Waals surface area contributed by atoms with Crippen molar-refractivity contribution < 1.29 is 22.7 Å². The third-order valence-corrected chi connectivity index (χ3v) is 8.68. The molecule has 0 radical (unpaired) electrons. The Bertz CT molecular complexity index is 1190. The fourth-order valence-corrected chi connectivity index (χ4v) is 6.60. The Morgan fingerprint density at radius 2 is 1.68 bits per heavy atom. The van der Waals surface area contributed by atoms with Crippen molar-refractivity contribution in [1.29, 1.82) is 0 Å². The molecule has 5 rings (SSSR count). The van der Waals surface area contributed by atoms with E-state index in [4.69, 9.17) is 4.74 Å². The number of carbonyl (C=O) groups is 2. The van der Waals surface area contributed by atoms with Gasteiger partial charge in [0.25, 0.3) is 5.91 Å². The lowest BCUT2D eigenvalue weighted by atomic mass is 10.1. The van der Waals surface area contributed by atoms with E-state index in [1.807, 2.05) is 12.1 Å². The molecule has 2 saturated heterocycles. The van der Waals surface area contributed by atoms with E-state index in [0.29, 0.717) is 18.5 Å². The molecule has 8 nitrogen and oxygen atoms in total. The molecule has 2 amide bonds. The zero-order valence-corrected chi connectivity index (χ0v) is 19.5. The van der Waals surface area contributed by atoms with Crippen LogP contribution in [0.4, 0.5) is 0 Å². The van der Waals surface area contributed by atoms with E-state index in [-0.39, 0.29) is 41.3 Å². The van der Waals surface area contributed by atoms with E-state index in [0.717, 1.165) is 12.8 Å². The van der Waals surface area contributed by atoms with Gasteiger partial charge >= 0.3 is 0 Å². The molecular formula is C25H27N3O5S. The number of nitrogens with one attached hydrogen (secondary N) is 2. The number of fused-ring (bicyclic) bond motifs is 2. The third kappa shape index (κ3) is 4.38. The van der Waals surface area contributed by atoms with Crippen LogP contribution in [-0.4, -0.2) is 56.0 Å². The van der Waals surface area contributed by atoms with Gasteiger partial charge in [-0.1, -0.05) is 30.8 Å². The highest BCUT2D eigenvalue weighted by molar-refractivity contribution is 7.89. The molecular weight excluding hydrogens is 454 g/mol. The molecule has 3 unspecified atom stereocenters. The van der Waals surface area contributed by atoms with Crippen LogP contribution >= 0.6 is 0 Å². The van der Waals surface area contributed by atoms with E-state index < -0.39 is 16.3 Å². The minimum Gasteiger partial charge on any atom is -0.354 e. The van der Waals surface area contributed by atoms with Crippen molar-refractivity contribution in [1.82, 2.24) is 14.9 Å². The van der Waals surface area contributed by atoms with Crippen LogP contribution in [-0.2, 0) is 32.4 Å². The normalized spacial score (nSPS) is 24.4. The molecule has 178 valence electrons. The molecule has 2 aliphatic heterocycles. The molecule has 2 aromatic carbocycles. The summed E-state index contributed by atoms with van der Waals surface area (Å²) in [6.45, 7) is 3.99. The molecule has 9 heteroatoms. The zero-order chi connectivity index (χ0) is 23.9. The van der Waals surface area contributed by atoms with Crippen molar-refractivity contribution in [2.24, 2.45) is 5.92 Å². The number of ether oxygens (including phenoxy) is 1. The number of nitrogens with zero attached hydrogens (tertiary/aromatic N) is 1. The van der Waals surface area contributed by atoms with Crippen LogP contribution in [0.1, 0.15) is 27.9 Å². The molecule has 0 spiro atoms. The Morgan fingerprint density at radius 3 is 2.29 bits per heavy atom. The van der Waals surface area contributed by atoms with E-state index in [1.54, 1.807) is 12.1 Å². The second-order valence-electron chi connectivity index (χ2n) is 9.07. The van der Waals surface area contributed by atoms with Gasteiger partial charge in [-0.2, -0.15) is 4.31 Å². The lowest BCUT2D eigenvalue weighted by Gasteiger charge is -2.20. The SMILES string of the molecule is C=CC(=O)NC1CC2CN(S(=O)(=O)c3ccc(C(=O)NC4Cc5ccccc5C4)cc3)CC2O1. The smallest absolute Gasteiger partial charge is 0.251 e. The summed E-state index contributed by atoms with van der Waals surface area (Å²) in [5, 5.41) is 5.76. The van der Waals surface area contributed by atoms with Crippen molar-refractivity contribution >= 4 is 21.8 Å². The standard InChI is InChI=1S/C25H27N3O5S/c1-2-23(29)27-24-13-19-14-28(15-22(19)33-24)34(31,32)21-9-7-16(8-10-21)25(30)26-20-11-17-5-3-4-6-18(17)12-20/h2-10,19-20,22,24H,1,11-15H2,(H,26,30)(H,27,29). The van der Waals surface area contributed by atoms with Crippen molar-refractivity contribution in [3.05, 3.63) is 77.9 Å². The summed E-state index contributed by atoms with van der Waals surface area (Å²) in [6.07, 6.45) is 2.66. The van der Waals surface area contributed by atoms with E-state index >= 15 is 0 Å². The number of carbonyl (C=O) groups excluding carboxylic acids is 2. The predicted octanol–water partition coefficient (Wildman–Crippen LogP) is 1.62. The molecule has 2 aromatic rings. The van der Waals surface area contributed by atoms with Crippen molar-refractivity contribution in [3.8, 4) is 0 Å². The Labute approximate surface area is 199 Å². The van der Waals surface area contributed by atoms with Crippen LogP contribution in [0.15, 0.2) is 66.1 Å². The third-order valence-electron chi connectivity index (χ3n) is 6.83. The minimum atomic E-state index is -3.71. The van der Waals surface area contributed by atoms with Gasteiger partial charge in [-0.15, -0.1) is 0 Å². The maximum absolute atomic E-state index is 13.1. The lowest BCUT2D eigenvalue weighted by Crippen LogP contribution is -2.37. The monoisotopic (exact) mass is 481 g/mol. The highest BCUT2D eigenvalue weighted by Gasteiger charge is 2.46. The first-order valence-electron chi connectivity index (χ1n) is 11.4. The quantitative estimate of drug-likeness (QED) is 0.610. The van der Waals surface area contributed by atoms with Crippen molar-refractivity contribution in [2.75, 3.05) is 13.1 Å². The van der Waals surface area contributed by atoms with Crippen LogP contribution in [0, 0.1) is 5.92 Å². The van der Waals surface area contributed by atoms with Crippen LogP contribution in [0.3, 0.4) is 0 Å². The fourth-order valence-electron chi connectivity index (χ4n) is 5.09. The Kier molecular flexibility index (Phi) is 6.01. The highest BCUT2D eigenvalue weighted by Crippen LogP contribution is 2.35. The lowest BCUT2D eigenvalue weighted by molar-refractivity contribution is -0.120. The second kappa shape index (κ2) is 8.98. The number of hydrogen-bond acceptors (Lipinski definition) is 5. The summed E-state index contributed by atoms with van der Waals surface area (Å²) in [5.41, 5.74) is 2.93. The largest absolute Gasteiger partial charge is 0.354 e. The first-order valence-corrected chi connectivity index (χ1v) is 12.8. The van der Waals surface area contributed by atoms with E-state index in [1.165, 1.54) is 33.6 Å². The van der Waals surface area contributed by atoms with Gasteiger partial charge in [0.2, 0.25) is 15.9 Å². The summed E-state index contributed by atoms with van der Waals surface area (Å²) in [4.78, 5) is 24.3. The summed E-state index contributed by atoms with van der Waals surface area (Å²) in [5.74, 6) is -0.500. The molecule has 1 aliphatic carbocycles. The molecule has 2 N–H and O–H groups in total. The topological polar surface area (TPSA) is 105 Å². The van der Waals surface area contributed by atoms with E-state index in [9.17, 15) is 18.0 Å². The van der Waals surface area contributed by atoms with Crippen LogP contribution in [0.2, 0.25) is 0 Å². The van der Waals surface area contributed by atoms with E-state index in [2.05, 4.69) is 29.3 Å². The average Bonchev–Trinajstić information content (AvgIpc) is 3.51. The summed E-state index contributed by atoms with van der Waals surface area (Å²) >= 11 is 0. The Morgan fingerprint density at radius 1 is 1.00 bits per heavy atom. The Hall–Kier alpha value is -3.01. The minimum absolute atomic E-state index is 0.0190. The molecule has 3 atom stereocenters. The van der Waals surface area contributed by atoms with Gasteiger partial charge in [-0.25, -0.2) is 8.42 Å². The molecule has 0 saturated carbocycles. The van der Waals surface area contributed by atoms with Crippen molar-refractivity contribution in [2.45, 2.75) is 42.5 Å². The molecule has 2 fully saturated rings. The number of rotatable bonds is 6. The number of hydrogen-bond donors (Lipinski definition) is 2. The van der Waals surface area contributed by atoms with Gasteiger partial charge in [0.15, 0.2) is 0 Å². The first-order chi connectivity index (χ1) is 16.3. The maximum Gasteiger partial charge on any atom is 0.251 e. The van der Waals surface area contributed by atoms with Gasteiger partial charge in [0.05, 0.1) is 11.0 Å². The van der Waals surface area contributed by atoms with Crippen molar-refractivity contribution in [3.63, 3.8) is 0 Å². The van der Waals surface area contributed by atoms with Gasteiger partial charge in [0.1, 0.15) is 6.23 Å².